The highest BCUT2D eigenvalue weighted by Gasteiger charge is 2.10. The van der Waals surface area contributed by atoms with Crippen molar-refractivity contribution in [2.75, 3.05) is 0 Å². The Labute approximate surface area is 151 Å². The molecule has 4 aromatic rings. The summed E-state index contributed by atoms with van der Waals surface area (Å²) in [6.07, 6.45) is 0. The largest absolute Gasteiger partial charge is 0.269 e. The molecule has 0 spiro atoms. The predicted octanol–water partition coefficient (Wildman–Crippen LogP) is 2.39. The lowest BCUT2D eigenvalue weighted by atomic mass is 10.3. The van der Waals surface area contributed by atoms with Gasteiger partial charge in [0, 0.05) is 22.4 Å². The van der Waals surface area contributed by atoms with Gasteiger partial charge >= 0.3 is 0 Å². The molecule has 0 saturated heterocycles. The topological polar surface area (TPSA) is 78.0 Å². The summed E-state index contributed by atoms with van der Waals surface area (Å²) in [5, 5.41) is 14.6. The first-order valence-corrected chi connectivity index (χ1v) is 9.47. The lowest BCUT2D eigenvalue weighted by Gasteiger charge is -2.06. The van der Waals surface area contributed by atoms with E-state index in [0.717, 1.165) is 5.69 Å². The van der Waals surface area contributed by atoms with Crippen LogP contribution in [0.4, 0.5) is 0 Å². The van der Waals surface area contributed by atoms with E-state index >= 15 is 0 Å². The molecule has 4 heterocycles. The third kappa shape index (κ3) is 3.33. The van der Waals surface area contributed by atoms with Crippen LogP contribution >= 0.6 is 23.1 Å². The third-order valence-electron chi connectivity index (χ3n) is 3.67. The number of pyridine rings is 1. The summed E-state index contributed by atoms with van der Waals surface area (Å²) in [6, 6.07) is 11.3. The Morgan fingerprint density at radius 1 is 1.24 bits per heavy atom. The fourth-order valence-corrected chi connectivity index (χ4v) is 3.98. The van der Waals surface area contributed by atoms with E-state index in [9.17, 15) is 4.79 Å². The van der Waals surface area contributed by atoms with Gasteiger partial charge < -0.3 is 0 Å². The predicted molar refractivity (Wildman–Crippen MR) is 97.0 cm³/mol. The van der Waals surface area contributed by atoms with E-state index in [1.807, 2.05) is 36.6 Å². The van der Waals surface area contributed by atoms with Gasteiger partial charge in [-0.05, 0) is 40.9 Å². The summed E-state index contributed by atoms with van der Waals surface area (Å²) in [7, 11) is 0. The monoisotopic (exact) mass is 370 g/mol. The Balaban J connectivity index is 1.55. The molecule has 0 aliphatic carbocycles. The molecule has 0 atom stereocenters. The van der Waals surface area contributed by atoms with Gasteiger partial charge in [-0.1, -0.05) is 23.9 Å². The number of aromatic nitrogens is 6. The minimum Gasteiger partial charge on any atom is -0.269 e. The van der Waals surface area contributed by atoms with Crippen molar-refractivity contribution in [2.24, 2.45) is 0 Å². The quantitative estimate of drug-likeness (QED) is 0.502. The van der Waals surface area contributed by atoms with Crippen LogP contribution in [0.2, 0.25) is 0 Å². The fourth-order valence-electron chi connectivity index (χ4n) is 2.53. The molecule has 0 saturated carbocycles. The Bertz CT molecular complexity index is 1070. The van der Waals surface area contributed by atoms with Crippen molar-refractivity contribution >= 4 is 28.7 Å². The van der Waals surface area contributed by atoms with E-state index in [2.05, 4.69) is 26.6 Å². The van der Waals surface area contributed by atoms with Gasteiger partial charge in [-0.3, -0.25) is 9.20 Å². The molecule has 4 aromatic heterocycles. The van der Waals surface area contributed by atoms with Gasteiger partial charge in [0.2, 0.25) is 5.16 Å². The first-order chi connectivity index (χ1) is 12.2. The molecule has 0 N–H and O–H groups in total. The smallest absolute Gasteiger partial charge is 0.258 e. The zero-order valence-electron chi connectivity index (χ0n) is 13.4. The molecule has 0 amide bonds. The summed E-state index contributed by atoms with van der Waals surface area (Å²) in [5.74, 6) is 0.532. The first kappa shape index (κ1) is 16.0. The molecule has 0 aromatic carbocycles. The van der Waals surface area contributed by atoms with Crippen LogP contribution in [-0.4, -0.2) is 29.6 Å². The summed E-state index contributed by atoms with van der Waals surface area (Å²) in [4.78, 5) is 18.1. The zero-order valence-corrected chi connectivity index (χ0v) is 15.0. The molecular weight excluding hydrogens is 356 g/mol. The Kier molecular flexibility index (Phi) is 4.33. The molecule has 0 aliphatic rings. The highest BCUT2D eigenvalue weighted by atomic mass is 32.2. The van der Waals surface area contributed by atoms with Crippen LogP contribution in [0.3, 0.4) is 0 Å². The standard InChI is InChI=1S/C16H14N6OS2/c1-11-4-2-6-14-17-12(8-15(23)22(11)14)10-25-16-18-19-20-21(16)9-13-5-3-7-24-13/h2-8H,9-10H2,1H3. The number of rotatable bonds is 5. The fraction of sp³-hybridized carbons (Fsp3) is 0.188. The third-order valence-corrected chi connectivity index (χ3v) is 5.52. The van der Waals surface area contributed by atoms with Gasteiger partial charge in [0.25, 0.3) is 5.56 Å². The van der Waals surface area contributed by atoms with Crippen LogP contribution in [0.15, 0.2) is 51.7 Å². The van der Waals surface area contributed by atoms with Crippen molar-refractivity contribution in [3.05, 3.63) is 68.4 Å². The number of thioether (sulfide) groups is 1. The molecule has 0 unspecified atom stereocenters. The van der Waals surface area contributed by atoms with E-state index in [4.69, 9.17) is 0 Å². The van der Waals surface area contributed by atoms with Crippen molar-refractivity contribution in [2.45, 2.75) is 24.4 Å². The maximum atomic E-state index is 12.3. The van der Waals surface area contributed by atoms with Crippen molar-refractivity contribution in [3.8, 4) is 0 Å². The number of thiophene rings is 1. The average molecular weight is 370 g/mol. The van der Waals surface area contributed by atoms with E-state index in [0.29, 0.717) is 28.8 Å². The van der Waals surface area contributed by atoms with Gasteiger partial charge in [0.15, 0.2) is 0 Å². The first-order valence-electron chi connectivity index (χ1n) is 7.60. The van der Waals surface area contributed by atoms with Crippen LogP contribution in [-0.2, 0) is 12.3 Å². The molecule has 126 valence electrons. The van der Waals surface area contributed by atoms with Crippen molar-refractivity contribution in [1.29, 1.82) is 0 Å². The van der Waals surface area contributed by atoms with Gasteiger partial charge in [-0.2, -0.15) is 0 Å². The highest BCUT2D eigenvalue weighted by Crippen LogP contribution is 2.20. The maximum Gasteiger partial charge on any atom is 0.258 e. The molecule has 0 bridgehead atoms. The number of fused-ring (bicyclic) bond motifs is 1. The molecule has 0 radical (unpaired) electrons. The molecule has 7 nitrogen and oxygen atoms in total. The molecule has 25 heavy (non-hydrogen) atoms. The van der Waals surface area contributed by atoms with Gasteiger partial charge in [-0.25, -0.2) is 9.67 Å². The van der Waals surface area contributed by atoms with Gasteiger partial charge in [0.05, 0.1) is 12.2 Å². The van der Waals surface area contributed by atoms with Crippen LogP contribution in [0.5, 0.6) is 0 Å². The van der Waals surface area contributed by atoms with Crippen LogP contribution < -0.4 is 5.56 Å². The lowest BCUT2D eigenvalue weighted by molar-refractivity contribution is 0.608. The summed E-state index contributed by atoms with van der Waals surface area (Å²) in [5.41, 5.74) is 2.17. The minimum atomic E-state index is -0.0723. The van der Waals surface area contributed by atoms with Crippen LogP contribution in [0.25, 0.3) is 5.65 Å². The Morgan fingerprint density at radius 3 is 3.00 bits per heavy atom. The minimum absolute atomic E-state index is 0.0723. The average Bonchev–Trinajstić information content (AvgIpc) is 3.25. The SMILES string of the molecule is Cc1cccc2nc(CSc3nnnn3Cc3cccs3)cc(=O)n12. The molecule has 9 heteroatoms. The normalized spacial score (nSPS) is 11.2. The van der Waals surface area contributed by atoms with Crippen LogP contribution in [0.1, 0.15) is 16.3 Å². The second-order valence-corrected chi connectivity index (χ2v) is 7.41. The molecule has 0 fully saturated rings. The van der Waals surface area contributed by atoms with Crippen molar-refractivity contribution in [1.82, 2.24) is 29.6 Å². The summed E-state index contributed by atoms with van der Waals surface area (Å²) < 4.78 is 3.36. The van der Waals surface area contributed by atoms with E-state index in [-0.39, 0.29) is 5.56 Å². The van der Waals surface area contributed by atoms with E-state index in [1.54, 1.807) is 26.5 Å². The number of hydrogen-bond donors (Lipinski definition) is 0. The second kappa shape index (κ2) is 6.77. The molecule has 4 rings (SSSR count). The number of nitrogens with zero attached hydrogens (tertiary/aromatic N) is 6. The van der Waals surface area contributed by atoms with Gasteiger partial charge in [0.1, 0.15) is 5.65 Å². The Hall–Kier alpha value is -2.52. The summed E-state index contributed by atoms with van der Waals surface area (Å²) >= 11 is 3.14. The van der Waals surface area contributed by atoms with Gasteiger partial charge in [-0.15, -0.1) is 16.4 Å². The molecular formula is C16H14N6OS2. The summed E-state index contributed by atoms with van der Waals surface area (Å²) in [6.45, 7) is 2.53. The highest BCUT2D eigenvalue weighted by molar-refractivity contribution is 7.98. The van der Waals surface area contributed by atoms with E-state index < -0.39 is 0 Å². The van der Waals surface area contributed by atoms with Crippen molar-refractivity contribution < 1.29 is 0 Å². The van der Waals surface area contributed by atoms with Crippen LogP contribution in [0, 0.1) is 6.92 Å². The van der Waals surface area contributed by atoms with Crippen molar-refractivity contribution in [3.63, 3.8) is 0 Å². The molecule has 0 aliphatic heterocycles. The van der Waals surface area contributed by atoms with E-state index in [1.165, 1.54) is 16.6 Å². The lowest BCUT2D eigenvalue weighted by Crippen LogP contribution is -2.17. The zero-order chi connectivity index (χ0) is 17.2. The second-order valence-electron chi connectivity index (χ2n) is 5.43. The Morgan fingerprint density at radius 2 is 2.16 bits per heavy atom. The maximum absolute atomic E-state index is 12.3. The number of tetrazole rings is 1. The number of aryl methyl sites for hydroxylation is 1. The number of hydrogen-bond acceptors (Lipinski definition) is 7.